The number of ether oxygens (including phenoxy) is 1. The SMILES string of the molecule is O=C(Nc1cccc(F)c1)c1cc2n(n1)CC(c1ccc(Cl)cc1)OC2. The van der Waals surface area contributed by atoms with Gasteiger partial charge in [0.1, 0.15) is 11.9 Å². The molecule has 0 bridgehead atoms. The van der Waals surface area contributed by atoms with E-state index in [1.807, 2.05) is 24.3 Å². The Bertz CT molecular complexity index is 956. The highest BCUT2D eigenvalue weighted by Crippen LogP contribution is 2.27. The van der Waals surface area contributed by atoms with E-state index in [9.17, 15) is 9.18 Å². The molecule has 0 aliphatic carbocycles. The van der Waals surface area contributed by atoms with E-state index in [1.165, 1.54) is 18.2 Å². The molecule has 0 fully saturated rings. The third-order valence-electron chi connectivity index (χ3n) is 4.19. The van der Waals surface area contributed by atoms with E-state index in [0.29, 0.717) is 23.9 Å². The number of amides is 1. The molecule has 1 aromatic heterocycles. The Morgan fingerprint density at radius 3 is 2.81 bits per heavy atom. The minimum Gasteiger partial charge on any atom is -0.365 e. The number of benzene rings is 2. The molecule has 4 rings (SSSR count). The topological polar surface area (TPSA) is 56.2 Å². The lowest BCUT2D eigenvalue weighted by Gasteiger charge is -2.24. The minimum absolute atomic E-state index is 0.154. The summed E-state index contributed by atoms with van der Waals surface area (Å²) in [4.78, 5) is 12.4. The third-order valence-corrected chi connectivity index (χ3v) is 4.44. The predicted octanol–water partition coefficient (Wildman–Crippen LogP) is 4.20. The number of carbonyl (C=O) groups excluding carboxylic acids is 1. The van der Waals surface area contributed by atoms with Crippen molar-refractivity contribution >= 4 is 23.2 Å². The third kappa shape index (κ3) is 3.47. The van der Waals surface area contributed by atoms with Crippen LogP contribution in [-0.4, -0.2) is 15.7 Å². The molecule has 1 aliphatic rings. The van der Waals surface area contributed by atoms with Crippen LogP contribution in [0, 0.1) is 5.82 Å². The summed E-state index contributed by atoms with van der Waals surface area (Å²) in [5.74, 6) is -0.799. The maximum Gasteiger partial charge on any atom is 0.276 e. The molecule has 1 amide bonds. The molecular weight excluding hydrogens is 357 g/mol. The van der Waals surface area contributed by atoms with Crippen molar-refractivity contribution in [2.75, 3.05) is 5.32 Å². The molecule has 3 aromatic rings. The maximum atomic E-state index is 13.2. The van der Waals surface area contributed by atoms with Crippen LogP contribution in [0.15, 0.2) is 54.6 Å². The van der Waals surface area contributed by atoms with Gasteiger partial charge in [-0.3, -0.25) is 9.48 Å². The molecular formula is C19H15ClFN3O2. The van der Waals surface area contributed by atoms with E-state index in [0.717, 1.165) is 11.3 Å². The Balaban J connectivity index is 1.50. The Morgan fingerprint density at radius 1 is 1.23 bits per heavy atom. The monoisotopic (exact) mass is 371 g/mol. The fourth-order valence-corrected chi connectivity index (χ4v) is 3.00. The van der Waals surface area contributed by atoms with E-state index in [-0.39, 0.29) is 17.7 Å². The van der Waals surface area contributed by atoms with Crippen molar-refractivity contribution in [3.63, 3.8) is 0 Å². The highest BCUT2D eigenvalue weighted by molar-refractivity contribution is 6.30. The van der Waals surface area contributed by atoms with Crippen LogP contribution in [0.5, 0.6) is 0 Å². The minimum atomic E-state index is -0.411. The number of fused-ring (bicyclic) bond motifs is 1. The quantitative estimate of drug-likeness (QED) is 0.750. The van der Waals surface area contributed by atoms with Crippen LogP contribution in [-0.2, 0) is 17.9 Å². The van der Waals surface area contributed by atoms with Crippen LogP contribution in [0.1, 0.15) is 27.8 Å². The van der Waals surface area contributed by atoms with Gasteiger partial charge < -0.3 is 10.1 Å². The summed E-state index contributed by atoms with van der Waals surface area (Å²) in [6.07, 6.45) is -0.154. The zero-order chi connectivity index (χ0) is 18.1. The first kappa shape index (κ1) is 16.8. The number of aromatic nitrogens is 2. The first-order valence-corrected chi connectivity index (χ1v) is 8.47. The number of nitrogens with zero attached hydrogens (tertiary/aromatic N) is 2. The molecule has 1 N–H and O–H groups in total. The van der Waals surface area contributed by atoms with Gasteiger partial charge in [0.05, 0.1) is 18.8 Å². The number of hydrogen-bond donors (Lipinski definition) is 1. The number of carbonyl (C=O) groups is 1. The van der Waals surface area contributed by atoms with Gasteiger partial charge >= 0.3 is 0 Å². The first-order chi connectivity index (χ1) is 12.6. The van der Waals surface area contributed by atoms with E-state index >= 15 is 0 Å². The van der Waals surface area contributed by atoms with Crippen LogP contribution in [0.25, 0.3) is 0 Å². The Kier molecular flexibility index (Phi) is 4.44. The number of nitrogens with one attached hydrogen (secondary N) is 1. The second-order valence-corrected chi connectivity index (χ2v) is 6.46. The van der Waals surface area contributed by atoms with Crippen LogP contribution in [0.3, 0.4) is 0 Å². The van der Waals surface area contributed by atoms with Crippen LogP contribution in [0.4, 0.5) is 10.1 Å². The number of halogens is 2. The summed E-state index contributed by atoms with van der Waals surface area (Å²) in [5, 5.41) is 7.68. The molecule has 1 aliphatic heterocycles. The average Bonchev–Trinajstić information content (AvgIpc) is 3.06. The smallest absolute Gasteiger partial charge is 0.276 e. The van der Waals surface area contributed by atoms with Gasteiger partial charge in [-0.1, -0.05) is 29.8 Å². The standard InChI is InChI=1S/C19H15ClFN3O2/c20-13-6-4-12(5-7-13)18-10-24-16(11-26-18)9-17(23-24)19(25)22-15-3-1-2-14(21)8-15/h1-9,18H,10-11H2,(H,22,25). The van der Waals surface area contributed by atoms with Crippen molar-refractivity contribution in [2.45, 2.75) is 19.3 Å². The highest BCUT2D eigenvalue weighted by atomic mass is 35.5. The van der Waals surface area contributed by atoms with Crippen LogP contribution >= 0.6 is 11.6 Å². The molecule has 0 radical (unpaired) electrons. The second kappa shape index (κ2) is 6.90. The molecule has 0 saturated carbocycles. The lowest BCUT2D eigenvalue weighted by atomic mass is 10.1. The molecule has 132 valence electrons. The van der Waals surface area contributed by atoms with E-state index < -0.39 is 5.82 Å². The van der Waals surface area contributed by atoms with E-state index in [1.54, 1.807) is 16.8 Å². The van der Waals surface area contributed by atoms with Gasteiger partial charge in [-0.2, -0.15) is 5.10 Å². The Labute approximate surface area is 154 Å². The fourth-order valence-electron chi connectivity index (χ4n) is 2.88. The van der Waals surface area contributed by atoms with E-state index in [2.05, 4.69) is 10.4 Å². The van der Waals surface area contributed by atoms with Crippen molar-refractivity contribution in [3.8, 4) is 0 Å². The summed E-state index contributed by atoms with van der Waals surface area (Å²) in [7, 11) is 0. The van der Waals surface area contributed by atoms with Crippen molar-refractivity contribution in [3.05, 3.63) is 82.4 Å². The Hall–Kier alpha value is -2.70. The summed E-state index contributed by atoms with van der Waals surface area (Å²) < 4.78 is 20.9. The molecule has 1 atom stereocenters. The molecule has 0 spiro atoms. The van der Waals surface area contributed by atoms with E-state index in [4.69, 9.17) is 16.3 Å². The summed E-state index contributed by atoms with van der Waals surface area (Å²) >= 11 is 5.92. The Morgan fingerprint density at radius 2 is 2.04 bits per heavy atom. The van der Waals surface area contributed by atoms with Gasteiger partial charge in [0.2, 0.25) is 0 Å². The van der Waals surface area contributed by atoms with Gasteiger partial charge in [0.25, 0.3) is 5.91 Å². The summed E-state index contributed by atoms with van der Waals surface area (Å²) in [6, 6.07) is 14.9. The molecule has 0 saturated heterocycles. The molecule has 1 unspecified atom stereocenters. The molecule has 7 heteroatoms. The molecule has 2 heterocycles. The van der Waals surface area contributed by atoms with Crippen LogP contribution in [0.2, 0.25) is 5.02 Å². The zero-order valence-electron chi connectivity index (χ0n) is 13.7. The van der Waals surface area contributed by atoms with Crippen molar-refractivity contribution in [2.24, 2.45) is 0 Å². The second-order valence-electron chi connectivity index (χ2n) is 6.02. The molecule has 5 nitrogen and oxygen atoms in total. The lowest BCUT2D eigenvalue weighted by Crippen LogP contribution is -2.22. The number of anilines is 1. The average molecular weight is 372 g/mol. The van der Waals surface area contributed by atoms with Gasteiger partial charge in [-0.05, 0) is 42.0 Å². The fraction of sp³-hybridized carbons (Fsp3) is 0.158. The number of hydrogen-bond acceptors (Lipinski definition) is 3. The molecule has 2 aromatic carbocycles. The van der Waals surface area contributed by atoms with Crippen molar-refractivity contribution in [1.29, 1.82) is 0 Å². The van der Waals surface area contributed by atoms with Gasteiger partial charge in [-0.15, -0.1) is 0 Å². The zero-order valence-corrected chi connectivity index (χ0v) is 14.4. The van der Waals surface area contributed by atoms with Gasteiger partial charge in [0.15, 0.2) is 5.69 Å². The lowest BCUT2D eigenvalue weighted by molar-refractivity contribution is -0.00118. The molecule has 26 heavy (non-hydrogen) atoms. The summed E-state index contributed by atoms with van der Waals surface area (Å²) in [5.41, 5.74) is 2.47. The van der Waals surface area contributed by atoms with Gasteiger partial charge in [0, 0.05) is 10.7 Å². The predicted molar refractivity (Wildman–Crippen MR) is 95.6 cm³/mol. The number of rotatable bonds is 3. The maximum absolute atomic E-state index is 13.2. The van der Waals surface area contributed by atoms with Crippen molar-refractivity contribution in [1.82, 2.24) is 9.78 Å². The largest absolute Gasteiger partial charge is 0.365 e. The first-order valence-electron chi connectivity index (χ1n) is 8.09. The summed E-state index contributed by atoms with van der Waals surface area (Å²) in [6.45, 7) is 0.859. The van der Waals surface area contributed by atoms with Crippen LogP contribution < -0.4 is 5.32 Å². The van der Waals surface area contributed by atoms with Gasteiger partial charge in [-0.25, -0.2) is 4.39 Å². The van der Waals surface area contributed by atoms with Crippen molar-refractivity contribution < 1.29 is 13.9 Å². The normalized spacial score (nSPS) is 16.2. The highest BCUT2D eigenvalue weighted by Gasteiger charge is 2.24.